The molecule has 0 bridgehead atoms. The van der Waals surface area contributed by atoms with Crippen LogP contribution in [0.4, 0.5) is 4.39 Å². The van der Waals surface area contributed by atoms with Gasteiger partial charge in [0.2, 0.25) is 0 Å². The summed E-state index contributed by atoms with van der Waals surface area (Å²) in [6, 6.07) is 14.0. The van der Waals surface area contributed by atoms with Crippen molar-refractivity contribution in [2.75, 3.05) is 0 Å². The van der Waals surface area contributed by atoms with Gasteiger partial charge >= 0.3 is 0 Å². The van der Waals surface area contributed by atoms with Crippen molar-refractivity contribution in [2.45, 2.75) is 13.8 Å². The van der Waals surface area contributed by atoms with Crippen LogP contribution in [0.25, 0.3) is 22.7 Å². The van der Waals surface area contributed by atoms with Gasteiger partial charge in [-0.3, -0.25) is 0 Å². The van der Waals surface area contributed by atoms with Crippen LogP contribution in [0, 0.1) is 17.1 Å². The van der Waals surface area contributed by atoms with Crippen molar-refractivity contribution in [2.24, 2.45) is 0 Å². The monoisotopic (exact) mass is 306 g/mol. The maximum atomic E-state index is 13.8. The molecule has 0 aliphatic heterocycles. The molecule has 114 valence electrons. The molecule has 4 heteroatoms. The Labute approximate surface area is 133 Å². The van der Waals surface area contributed by atoms with Gasteiger partial charge in [0.25, 0.3) is 0 Å². The van der Waals surface area contributed by atoms with Crippen LogP contribution in [-0.2, 0) is 0 Å². The van der Waals surface area contributed by atoms with Crippen molar-refractivity contribution in [1.82, 2.24) is 4.57 Å². The van der Waals surface area contributed by atoms with E-state index in [-0.39, 0.29) is 0 Å². The lowest BCUT2D eigenvalue weighted by molar-refractivity contribution is 0.432. The van der Waals surface area contributed by atoms with Gasteiger partial charge in [-0.15, -0.1) is 0 Å². The molecule has 1 heterocycles. The van der Waals surface area contributed by atoms with Crippen LogP contribution >= 0.6 is 0 Å². The molecule has 0 amide bonds. The Morgan fingerprint density at radius 2 is 1.96 bits per heavy atom. The maximum Gasteiger partial charge on any atom is 0.166 e. The summed E-state index contributed by atoms with van der Waals surface area (Å²) < 4.78 is 15.6. The number of fused-ring (bicyclic) bond motifs is 1. The minimum atomic E-state index is -0.693. The Hall–Kier alpha value is -3.06. The first-order chi connectivity index (χ1) is 11.0. The van der Waals surface area contributed by atoms with E-state index < -0.39 is 11.6 Å². The van der Waals surface area contributed by atoms with Crippen molar-refractivity contribution in [3.8, 4) is 17.5 Å². The lowest BCUT2D eigenvalue weighted by Gasteiger charge is -2.10. The van der Waals surface area contributed by atoms with Gasteiger partial charge in [0.05, 0.1) is 16.8 Å². The fraction of sp³-hybridized carbons (Fsp3) is 0.105. The summed E-state index contributed by atoms with van der Waals surface area (Å²) in [6.45, 7) is 3.89. The molecular formula is C19H15FN2O. The number of para-hydroxylation sites is 1. The lowest BCUT2D eigenvalue weighted by atomic mass is 10.1. The molecule has 1 aromatic heterocycles. The molecule has 23 heavy (non-hydrogen) atoms. The van der Waals surface area contributed by atoms with Crippen molar-refractivity contribution in [3.05, 3.63) is 65.1 Å². The number of halogens is 1. The Bertz CT molecular complexity index is 973. The third-order valence-corrected chi connectivity index (χ3v) is 3.64. The summed E-state index contributed by atoms with van der Waals surface area (Å²) in [4.78, 5) is 0. The smallest absolute Gasteiger partial charge is 0.166 e. The summed E-state index contributed by atoms with van der Waals surface area (Å²) in [5.41, 5.74) is 3.67. The summed E-state index contributed by atoms with van der Waals surface area (Å²) in [5, 5.41) is 19.8. The largest absolute Gasteiger partial charge is 0.505 e. The molecule has 3 nitrogen and oxygen atoms in total. The molecule has 0 aliphatic carbocycles. The van der Waals surface area contributed by atoms with Crippen molar-refractivity contribution >= 4 is 17.0 Å². The first-order valence-electron chi connectivity index (χ1n) is 7.20. The quantitative estimate of drug-likeness (QED) is 0.741. The molecule has 0 saturated heterocycles. The van der Waals surface area contributed by atoms with E-state index in [0.29, 0.717) is 16.9 Å². The van der Waals surface area contributed by atoms with Crippen LogP contribution in [0.1, 0.15) is 25.1 Å². The molecule has 0 aliphatic rings. The highest BCUT2D eigenvalue weighted by atomic mass is 19.1. The molecule has 0 fully saturated rings. The Morgan fingerprint density at radius 1 is 1.22 bits per heavy atom. The number of hydrogen-bond donors (Lipinski definition) is 1. The zero-order valence-corrected chi connectivity index (χ0v) is 12.8. The number of phenols is 1. The molecule has 2 aromatic carbocycles. The summed E-state index contributed by atoms with van der Waals surface area (Å²) in [5.74, 6) is -1.09. The molecule has 0 spiro atoms. The van der Waals surface area contributed by atoms with Gasteiger partial charge in [0.15, 0.2) is 11.6 Å². The summed E-state index contributed by atoms with van der Waals surface area (Å²) in [7, 11) is 0. The average Bonchev–Trinajstić information content (AvgIpc) is 2.82. The number of nitrogens with zero attached hydrogens (tertiary/aromatic N) is 2. The molecule has 1 N–H and O–H groups in total. The normalized spacial score (nSPS) is 10.5. The van der Waals surface area contributed by atoms with E-state index in [9.17, 15) is 14.8 Å². The van der Waals surface area contributed by atoms with Crippen LogP contribution in [0.3, 0.4) is 0 Å². The fourth-order valence-electron chi connectivity index (χ4n) is 2.70. The SMILES string of the molecule is CC(C)=Cc1c(C#N)c2ccccc2n1-c1ccc(O)c(F)c1. The molecule has 3 rings (SSSR count). The van der Waals surface area contributed by atoms with Gasteiger partial charge in [0.1, 0.15) is 6.07 Å². The molecule has 0 radical (unpaired) electrons. The van der Waals surface area contributed by atoms with E-state index in [1.54, 1.807) is 6.07 Å². The number of rotatable bonds is 2. The summed E-state index contributed by atoms with van der Waals surface area (Å²) >= 11 is 0. The number of phenolic OH excluding ortho intramolecular Hbond substituents is 1. The molecule has 0 saturated carbocycles. The topological polar surface area (TPSA) is 49.0 Å². The van der Waals surface area contributed by atoms with Crippen molar-refractivity contribution in [1.29, 1.82) is 5.26 Å². The zero-order valence-electron chi connectivity index (χ0n) is 12.8. The summed E-state index contributed by atoms with van der Waals surface area (Å²) in [6.07, 6.45) is 1.91. The first-order valence-corrected chi connectivity index (χ1v) is 7.20. The third-order valence-electron chi connectivity index (χ3n) is 3.64. The number of benzene rings is 2. The second-order valence-electron chi connectivity index (χ2n) is 5.58. The van der Waals surface area contributed by atoms with Gasteiger partial charge in [-0.1, -0.05) is 23.8 Å². The van der Waals surface area contributed by atoms with E-state index in [4.69, 9.17) is 0 Å². The number of aromatic nitrogens is 1. The Morgan fingerprint density at radius 3 is 2.61 bits per heavy atom. The van der Waals surface area contributed by atoms with Gasteiger partial charge in [-0.2, -0.15) is 5.26 Å². The van der Waals surface area contributed by atoms with Gasteiger partial charge in [0, 0.05) is 17.1 Å². The number of aromatic hydroxyl groups is 1. The van der Waals surface area contributed by atoms with Crippen LogP contribution in [0.2, 0.25) is 0 Å². The van der Waals surface area contributed by atoms with Crippen LogP contribution in [0.15, 0.2) is 48.0 Å². The average molecular weight is 306 g/mol. The first kappa shape index (κ1) is 14.9. The van der Waals surface area contributed by atoms with E-state index >= 15 is 0 Å². The van der Waals surface area contributed by atoms with E-state index in [0.717, 1.165) is 16.5 Å². The zero-order chi connectivity index (χ0) is 16.6. The van der Waals surface area contributed by atoms with E-state index in [1.165, 1.54) is 12.1 Å². The Balaban J connectivity index is 2.45. The second kappa shape index (κ2) is 5.62. The second-order valence-corrected chi connectivity index (χ2v) is 5.58. The van der Waals surface area contributed by atoms with Gasteiger partial charge < -0.3 is 9.67 Å². The minimum Gasteiger partial charge on any atom is -0.505 e. The molecular weight excluding hydrogens is 291 g/mol. The standard InChI is InChI=1S/C19H15FN2O/c1-12(2)9-18-15(11-21)14-5-3-4-6-17(14)22(18)13-7-8-19(23)16(20)10-13/h3-10,23H,1-2H3. The maximum absolute atomic E-state index is 13.8. The predicted octanol–water partition coefficient (Wildman–Crippen LogP) is 4.77. The van der Waals surface area contributed by atoms with Gasteiger partial charge in [-0.05, 0) is 38.1 Å². The highest BCUT2D eigenvalue weighted by Gasteiger charge is 2.17. The number of hydrogen-bond acceptors (Lipinski definition) is 2. The predicted molar refractivity (Wildman–Crippen MR) is 88.9 cm³/mol. The number of nitriles is 1. The third kappa shape index (κ3) is 2.47. The van der Waals surface area contributed by atoms with Crippen LogP contribution in [-0.4, -0.2) is 9.67 Å². The molecule has 0 unspecified atom stereocenters. The highest BCUT2D eigenvalue weighted by Crippen LogP contribution is 2.32. The van der Waals surface area contributed by atoms with Crippen molar-refractivity contribution < 1.29 is 9.50 Å². The van der Waals surface area contributed by atoms with E-state index in [2.05, 4.69) is 6.07 Å². The minimum absolute atomic E-state index is 0.394. The fourth-order valence-corrected chi connectivity index (χ4v) is 2.70. The van der Waals surface area contributed by atoms with Gasteiger partial charge in [-0.25, -0.2) is 4.39 Å². The lowest BCUT2D eigenvalue weighted by Crippen LogP contribution is -1.98. The van der Waals surface area contributed by atoms with Crippen LogP contribution in [0.5, 0.6) is 5.75 Å². The molecule has 3 aromatic rings. The van der Waals surface area contributed by atoms with Crippen molar-refractivity contribution in [3.63, 3.8) is 0 Å². The van der Waals surface area contributed by atoms with E-state index in [1.807, 2.05) is 48.8 Å². The highest BCUT2D eigenvalue weighted by molar-refractivity contribution is 5.92. The molecule has 0 atom stereocenters. The number of allylic oxidation sites excluding steroid dienone is 1. The Kier molecular flexibility index (Phi) is 3.63. The van der Waals surface area contributed by atoms with Crippen LogP contribution < -0.4 is 0 Å².